The number of likely N-dealkylation sites (N-methyl/N-ethyl adjacent to an activating group) is 1. The van der Waals surface area contributed by atoms with E-state index in [2.05, 4.69) is 13.8 Å². The minimum atomic E-state index is -0.445. The van der Waals surface area contributed by atoms with Crippen LogP contribution in [0, 0.1) is 16.0 Å². The van der Waals surface area contributed by atoms with E-state index < -0.39 is 4.92 Å². The maximum Gasteiger partial charge on any atom is 0.269 e. The Morgan fingerprint density at radius 1 is 1.17 bits per heavy atom. The second kappa shape index (κ2) is 10.4. The van der Waals surface area contributed by atoms with Crippen LogP contribution in [0.25, 0.3) is 6.08 Å². The molecule has 30 heavy (non-hydrogen) atoms. The number of methoxy groups -OCH3 is 1. The van der Waals surface area contributed by atoms with Crippen LogP contribution >= 0.6 is 0 Å². The van der Waals surface area contributed by atoms with Gasteiger partial charge in [0.15, 0.2) is 11.5 Å². The molecule has 160 valence electrons. The Hall–Kier alpha value is -3.35. The number of hydrogen-bond donors (Lipinski definition) is 0. The van der Waals surface area contributed by atoms with Crippen molar-refractivity contribution in [2.45, 2.75) is 26.8 Å². The Balaban J connectivity index is 2.10. The molecule has 0 radical (unpaired) electrons. The van der Waals surface area contributed by atoms with Crippen molar-refractivity contribution in [3.63, 3.8) is 0 Å². The van der Waals surface area contributed by atoms with Crippen LogP contribution in [0.1, 0.15) is 37.9 Å². The number of carbonyl (C=O) groups excluding carboxylic acids is 1. The molecule has 2 aromatic rings. The van der Waals surface area contributed by atoms with Crippen molar-refractivity contribution in [2.75, 3.05) is 20.8 Å². The number of nitro groups is 1. The van der Waals surface area contributed by atoms with Gasteiger partial charge in [-0.1, -0.05) is 32.0 Å². The smallest absolute Gasteiger partial charge is 0.269 e. The zero-order valence-electron chi connectivity index (χ0n) is 18.0. The van der Waals surface area contributed by atoms with Gasteiger partial charge in [0.1, 0.15) is 0 Å². The van der Waals surface area contributed by atoms with E-state index in [1.54, 1.807) is 32.4 Å². The molecule has 0 aromatic heterocycles. The maximum absolute atomic E-state index is 12.6. The minimum Gasteiger partial charge on any atom is -0.493 e. The van der Waals surface area contributed by atoms with E-state index in [-0.39, 0.29) is 17.6 Å². The number of rotatable bonds is 9. The Bertz CT molecular complexity index is 924. The van der Waals surface area contributed by atoms with Crippen molar-refractivity contribution in [3.8, 4) is 11.5 Å². The van der Waals surface area contributed by atoms with Crippen molar-refractivity contribution in [2.24, 2.45) is 5.92 Å². The van der Waals surface area contributed by atoms with Crippen LogP contribution in [0.3, 0.4) is 0 Å². The zero-order valence-corrected chi connectivity index (χ0v) is 18.0. The number of ether oxygens (including phenoxy) is 2. The van der Waals surface area contributed by atoms with Crippen LogP contribution in [-0.4, -0.2) is 36.5 Å². The molecule has 7 heteroatoms. The fraction of sp³-hybridized carbons (Fsp3) is 0.348. The summed E-state index contributed by atoms with van der Waals surface area (Å²) in [6.45, 7) is 6.56. The summed E-state index contributed by atoms with van der Waals surface area (Å²) >= 11 is 0. The predicted molar refractivity (Wildman–Crippen MR) is 117 cm³/mol. The Labute approximate surface area is 177 Å². The van der Waals surface area contributed by atoms with E-state index in [1.165, 1.54) is 23.1 Å². The molecule has 2 aromatic carbocycles. The number of hydrogen-bond acceptors (Lipinski definition) is 5. The highest BCUT2D eigenvalue weighted by Crippen LogP contribution is 2.29. The monoisotopic (exact) mass is 412 g/mol. The van der Waals surface area contributed by atoms with Crippen molar-refractivity contribution in [1.29, 1.82) is 0 Å². The lowest BCUT2D eigenvalue weighted by Crippen LogP contribution is -2.28. The number of nitrogens with zero attached hydrogens (tertiary/aromatic N) is 2. The molecular weight excluding hydrogens is 384 g/mol. The lowest BCUT2D eigenvalue weighted by molar-refractivity contribution is -0.384. The van der Waals surface area contributed by atoms with E-state index in [1.807, 2.05) is 25.1 Å². The largest absolute Gasteiger partial charge is 0.493 e. The van der Waals surface area contributed by atoms with E-state index in [0.29, 0.717) is 29.6 Å². The quantitative estimate of drug-likeness (QED) is 0.333. The summed E-state index contributed by atoms with van der Waals surface area (Å²) in [5.74, 6) is 1.44. The summed E-state index contributed by atoms with van der Waals surface area (Å²) in [4.78, 5) is 24.7. The van der Waals surface area contributed by atoms with Crippen LogP contribution in [0.4, 0.5) is 5.69 Å². The highest BCUT2D eigenvalue weighted by molar-refractivity contribution is 5.92. The van der Waals surface area contributed by atoms with E-state index in [0.717, 1.165) is 5.56 Å². The van der Waals surface area contributed by atoms with Crippen LogP contribution in [-0.2, 0) is 4.79 Å². The van der Waals surface area contributed by atoms with Gasteiger partial charge in [0.25, 0.3) is 5.69 Å². The molecule has 0 bridgehead atoms. The summed E-state index contributed by atoms with van der Waals surface area (Å²) in [7, 11) is 3.24. The summed E-state index contributed by atoms with van der Waals surface area (Å²) in [6.07, 6.45) is 3.17. The first-order valence-corrected chi connectivity index (χ1v) is 9.73. The lowest BCUT2D eigenvalue weighted by atomic mass is 10.1. The number of amides is 1. The molecular formula is C23H28N2O5. The van der Waals surface area contributed by atoms with Crippen molar-refractivity contribution in [1.82, 2.24) is 4.90 Å². The number of non-ortho nitro benzene ring substituents is 1. The van der Waals surface area contributed by atoms with Gasteiger partial charge >= 0.3 is 0 Å². The maximum atomic E-state index is 12.6. The molecule has 2 rings (SSSR count). The van der Waals surface area contributed by atoms with Gasteiger partial charge in [0.05, 0.1) is 24.7 Å². The highest BCUT2D eigenvalue weighted by Gasteiger charge is 2.18. The normalized spacial score (nSPS) is 12.1. The molecule has 0 aliphatic carbocycles. The molecule has 0 spiro atoms. The molecule has 0 saturated heterocycles. The number of nitro benzene ring substituents is 1. The molecule has 1 atom stereocenters. The summed E-state index contributed by atoms with van der Waals surface area (Å²) in [5.41, 5.74) is 1.50. The van der Waals surface area contributed by atoms with Gasteiger partial charge in [-0.3, -0.25) is 14.9 Å². The first kappa shape index (κ1) is 22.9. The predicted octanol–water partition coefficient (Wildman–Crippen LogP) is 4.87. The molecule has 0 unspecified atom stereocenters. The standard InChI is InChI=1S/C23H28N2O5/c1-16(2)15-30-21-11-9-18(13-22(21)29-5)10-12-23(26)24(4)17(3)19-7-6-8-20(14-19)25(27)28/h6-14,16-17H,15H2,1-5H3/b12-10+/t17-/m0/s1. The van der Waals surface area contributed by atoms with Gasteiger partial charge in [-0.25, -0.2) is 0 Å². The molecule has 0 aliphatic heterocycles. The van der Waals surface area contributed by atoms with E-state index in [9.17, 15) is 14.9 Å². The van der Waals surface area contributed by atoms with Crippen LogP contribution in [0.15, 0.2) is 48.5 Å². The summed E-state index contributed by atoms with van der Waals surface area (Å²) in [6, 6.07) is 11.5. The third-order valence-corrected chi connectivity index (χ3v) is 4.67. The lowest BCUT2D eigenvalue weighted by Gasteiger charge is -2.24. The minimum absolute atomic E-state index is 0.00242. The second-order valence-corrected chi connectivity index (χ2v) is 7.43. The molecule has 1 amide bonds. The van der Waals surface area contributed by atoms with Crippen molar-refractivity contribution < 1.29 is 19.2 Å². The first-order valence-electron chi connectivity index (χ1n) is 9.73. The third-order valence-electron chi connectivity index (χ3n) is 4.67. The van der Waals surface area contributed by atoms with Crippen LogP contribution in [0.5, 0.6) is 11.5 Å². The second-order valence-electron chi connectivity index (χ2n) is 7.43. The average molecular weight is 412 g/mol. The van der Waals surface area contributed by atoms with Gasteiger partial charge in [0, 0.05) is 25.3 Å². The van der Waals surface area contributed by atoms with E-state index in [4.69, 9.17) is 9.47 Å². The van der Waals surface area contributed by atoms with Gasteiger partial charge < -0.3 is 14.4 Å². The first-order chi connectivity index (χ1) is 14.2. The van der Waals surface area contributed by atoms with Crippen molar-refractivity contribution in [3.05, 3.63) is 69.8 Å². The SMILES string of the molecule is COc1cc(/C=C/C(=O)N(C)[C@@H](C)c2cccc([N+](=O)[O-])c2)ccc1OCC(C)C. The number of carbonyl (C=O) groups is 1. The van der Waals surface area contributed by atoms with E-state index >= 15 is 0 Å². The number of benzene rings is 2. The molecule has 0 heterocycles. The molecule has 0 saturated carbocycles. The average Bonchev–Trinajstić information content (AvgIpc) is 2.75. The van der Waals surface area contributed by atoms with Gasteiger partial charge in [0.2, 0.25) is 5.91 Å². The van der Waals surface area contributed by atoms with Crippen molar-refractivity contribution >= 4 is 17.7 Å². The topological polar surface area (TPSA) is 81.9 Å². The Morgan fingerprint density at radius 3 is 2.53 bits per heavy atom. The van der Waals surface area contributed by atoms with Gasteiger partial charge in [-0.05, 0) is 42.2 Å². The molecule has 0 N–H and O–H groups in total. The molecule has 7 nitrogen and oxygen atoms in total. The summed E-state index contributed by atoms with van der Waals surface area (Å²) < 4.78 is 11.1. The fourth-order valence-corrected chi connectivity index (χ4v) is 2.76. The van der Waals surface area contributed by atoms with Crippen LogP contribution < -0.4 is 9.47 Å². The molecule has 0 aliphatic rings. The third kappa shape index (κ3) is 6.07. The Morgan fingerprint density at radius 2 is 1.90 bits per heavy atom. The zero-order chi connectivity index (χ0) is 22.3. The van der Waals surface area contributed by atoms with Crippen LogP contribution in [0.2, 0.25) is 0 Å². The molecule has 0 fully saturated rings. The summed E-state index contributed by atoms with van der Waals surface area (Å²) in [5, 5.41) is 11.0. The van der Waals surface area contributed by atoms with Gasteiger partial charge in [-0.15, -0.1) is 0 Å². The fourth-order valence-electron chi connectivity index (χ4n) is 2.76. The van der Waals surface area contributed by atoms with Gasteiger partial charge in [-0.2, -0.15) is 0 Å². The Kier molecular flexibility index (Phi) is 7.98. The highest BCUT2D eigenvalue weighted by atomic mass is 16.6.